The summed E-state index contributed by atoms with van der Waals surface area (Å²) in [5.74, 6) is 0.522. The molecule has 0 aromatic heterocycles. The molecule has 0 atom stereocenters. The number of nitro groups is 1. The van der Waals surface area contributed by atoms with Crippen molar-refractivity contribution in [1.82, 2.24) is 5.32 Å². The fourth-order valence-corrected chi connectivity index (χ4v) is 1.69. The molecular formula is C14H21N3O3. The summed E-state index contributed by atoms with van der Waals surface area (Å²) >= 11 is 0. The predicted molar refractivity (Wildman–Crippen MR) is 78.7 cm³/mol. The lowest BCUT2D eigenvalue weighted by Gasteiger charge is -2.09. The predicted octanol–water partition coefficient (Wildman–Crippen LogP) is 2.56. The Bertz CT molecular complexity index is 461. The summed E-state index contributed by atoms with van der Waals surface area (Å²) in [6.07, 6.45) is 1.38. The highest BCUT2D eigenvalue weighted by Gasteiger charge is 2.11. The molecule has 0 saturated heterocycles. The van der Waals surface area contributed by atoms with Crippen LogP contribution in [0.2, 0.25) is 0 Å². The maximum Gasteiger partial charge on any atom is 0.292 e. The number of para-hydroxylation sites is 2. The van der Waals surface area contributed by atoms with Crippen LogP contribution < -0.4 is 10.6 Å². The molecule has 0 bridgehead atoms. The highest BCUT2D eigenvalue weighted by Crippen LogP contribution is 2.22. The van der Waals surface area contributed by atoms with Crippen molar-refractivity contribution in [3.8, 4) is 0 Å². The summed E-state index contributed by atoms with van der Waals surface area (Å²) in [5, 5.41) is 16.6. The van der Waals surface area contributed by atoms with E-state index in [1.54, 1.807) is 18.2 Å². The van der Waals surface area contributed by atoms with Gasteiger partial charge in [-0.25, -0.2) is 0 Å². The van der Waals surface area contributed by atoms with E-state index in [2.05, 4.69) is 24.5 Å². The highest BCUT2D eigenvalue weighted by atomic mass is 16.6. The molecule has 110 valence electrons. The van der Waals surface area contributed by atoms with Gasteiger partial charge < -0.3 is 10.6 Å². The first kappa shape index (κ1) is 15.9. The van der Waals surface area contributed by atoms with E-state index in [1.165, 1.54) is 6.07 Å². The number of carbonyl (C=O) groups excluding carboxylic acids is 1. The molecule has 0 unspecified atom stereocenters. The van der Waals surface area contributed by atoms with Crippen LogP contribution >= 0.6 is 0 Å². The van der Waals surface area contributed by atoms with E-state index in [9.17, 15) is 14.9 Å². The molecular weight excluding hydrogens is 258 g/mol. The van der Waals surface area contributed by atoms with Gasteiger partial charge in [-0.1, -0.05) is 26.0 Å². The van der Waals surface area contributed by atoms with Crippen molar-refractivity contribution in [2.45, 2.75) is 26.7 Å². The largest absolute Gasteiger partial charge is 0.378 e. The smallest absolute Gasteiger partial charge is 0.292 e. The van der Waals surface area contributed by atoms with Crippen molar-refractivity contribution in [2.75, 3.05) is 18.4 Å². The third-order valence-electron chi connectivity index (χ3n) is 2.81. The van der Waals surface area contributed by atoms with Crippen LogP contribution in [0.5, 0.6) is 0 Å². The van der Waals surface area contributed by atoms with Gasteiger partial charge >= 0.3 is 0 Å². The van der Waals surface area contributed by atoms with Crippen molar-refractivity contribution in [2.24, 2.45) is 5.92 Å². The van der Waals surface area contributed by atoms with Crippen molar-refractivity contribution in [1.29, 1.82) is 0 Å². The van der Waals surface area contributed by atoms with E-state index in [0.717, 1.165) is 6.42 Å². The van der Waals surface area contributed by atoms with Crippen LogP contribution in [0.25, 0.3) is 0 Å². The number of anilines is 1. The number of nitrogens with one attached hydrogen (secondary N) is 2. The molecule has 6 heteroatoms. The molecule has 0 heterocycles. The van der Waals surface area contributed by atoms with Crippen LogP contribution in [-0.2, 0) is 4.79 Å². The summed E-state index contributed by atoms with van der Waals surface area (Å²) in [5.41, 5.74) is 0.507. The molecule has 1 amide bonds. The minimum Gasteiger partial charge on any atom is -0.378 e. The number of hydrogen-bond acceptors (Lipinski definition) is 4. The molecule has 6 nitrogen and oxygen atoms in total. The molecule has 2 N–H and O–H groups in total. The van der Waals surface area contributed by atoms with Crippen molar-refractivity contribution < 1.29 is 9.72 Å². The Morgan fingerprint density at radius 1 is 1.30 bits per heavy atom. The molecule has 20 heavy (non-hydrogen) atoms. The average molecular weight is 279 g/mol. The summed E-state index contributed by atoms with van der Waals surface area (Å²) in [4.78, 5) is 21.9. The summed E-state index contributed by atoms with van der Waals surface area (Å²) in [7, 11) is 0. The van der Waals surface area contributed by atoms with Crippen LogP contribution in [0.3, 0.4) is 0 Å². The number of amides is 1. The number of nitro benzene ring substituents is 1. The second kappa shape index (κ2) is 8.14. The van der Waals surface area contributed by atoms with Crippen molar-refractivity contribution >= 4 is 17.3 Å². The SMILES string of the molecule is CC(C)CCC(=O)NCCNc1ccccc1[N+](=O)[O-]. The van der Waals surface area contributed by atoms with Gasteiger partial charge in [-0.15, -0.1) is 0 Å². The number of carbonyl (C=O) groups is 1. The normalized spacial score (nSPS) is 10.3. The van der Waals surface area contributed by atoms with Crippen LogP contribution in [0.15, 0.2) is 24.3 Å². The van der Waals surface area contributed by atoms with Gasteiger partial charge in [0.05, 0.1) is 4.92 Å². The molecule has 0 aliphatic heterocycles. The first-order chi connectivity index (χ1) is 9.50. The molecule has 1 aromatic rings. The molecule has 1 rings (SSSR count). The molecule has 1 aromatic carbocycles. The molecule has 0 saturated carbocycles. The fourth-order valence-electron chi connectivity index (χ4n) is 1.69. The molecule has 0 aliphatic carbocycles. The average Bonchev–Trinajstić information content (AvgIpc) is 2.41. The number of hydrogen-bond donors (Lipinski definition) is 2. The van der Waals surface area contributed by atoms with E-state index in [-0.39, 0.29) is 11.6 Å². The van der Waals surface area contributed by atoms with Gasteiger partial charge in [0.2, 0.25) is 5.91 Å². The topological polar surface area (TPSA) is 84.3 Å². The first-order valence-corrected chi connectivity index (χ1v) is 6.74. The van der Waals surface area contributed by atoms with Gasteiger partial charge in [-0.3, -0.25) is 14.9 Å². The van der Waals surface area contributed by atoms with E-state index in [0.29, 0.717) is 31.1 Å². The Morgan fingerprint density at radius 3 is 2.65 bits per heavy atom. The first-order valence-electron chi connectivity index (χ1n) is 6.74. The lowest BCUT2D eigenvalue weighted by Crippen LogP contribution is -2.28. The zero-order valence-electron chi connectivity index (χ0n) is 11.9. The fraction of sp³-hybridized carbons (Fsp3) is 0.500. The van der Waals surface area contributed by atoms with Gasteiger partial charge in [0.1, 0.15) is 5.69 Å². The Labute approximate surface area is 118 Å². The van der Waals surface area contributed by atoms with Gasteiger partial charge in [0.25, 0.3) is 5.69 Å². The van der Waals surface area contributed by atoms with Gasteiger partial charge in [0.15, 0.2) is 0 Å². The van der Waals surface area contributed by atoms with Gasteiger partial charge in [0, 0.05) is 25.6 Å². The standard InChI is InChI=1S/C14H21N3O3/c1-11(2)7-8-14(18)16-10-9-15-12-5-3-4-6-13(12)17(19)20/h3-6,11,15H,7-10H2,1-2H3,(H,16,18). The summed E-state index contributed by atoms with van der Waals surface area (Å²) in [6, 6.07) is 6.45. The van der Waals surface area contributed by atoms with Gasteiger partial charge in [-0.05, 0) is 18.4 Å². The minimum absolute atomic E-state index is 0.0167. The van der Waals surface area contributed by atoms with E-state index in [1.807, 2.05) is 0 Å². The van der Waals surface area contributed by atoms with E-state index in [4.69, 9.17) is 0 Å². The van der Waals surface area contributed by atoms with Crippen molar-refractivity contribution in [3.63, 3.8) is 0 Å². The lowest BCUT2D eigenvalue weighted by molar-refractivity contribution is -0.384. The maximum atomic E-state index is 11.5. The number of benzene rings is 1. The summed E-state index contributed by atoms with van der Waals surface area (Å²) in [6.45, 7) is 5.05. The minimum atomic E-state index is -0.427. The quantitative estimate of drug-likeness (QED) is 0.435. The third-order valence-corrected chi connectivity index (χ3v) is 2.81. The summed E-state index contributed by atoms with van der Waals surface area (Å²) < 4.78 is 0. The van der Waals surface area contributed by atoms with Crippen LogP contribution in [-0.4, -0.2) is 23.9 Å². The van der Waals surface area contributed by atoms with Gasteiger partial charge in [-0.2, -0.15) is 0 Å². The molecule has 0 aliphatic rings. The Hall–Kier alpha value is -2.11. The Morgan fingerprint density at radius 2 is 2.00 bits per heavy atom. The van der Waals surface area contributed by atoms with Crippen LogP contribution in [0.1, 0.15) is 26.7 Å². The molecule has 0 radical (unpaired) electrons. The molecule has 0 spiro atoms. The number of rotatable bonds is 8. The lowest BCUT2D eigenvalue weighted by atomic mass is 10.1. The second-order valence-corrected chi connectivity index (χ2v) is 4.98. The van der Waals surface area contributed by atoms with Crippen molar-refractivity contribution in [3.05, 3.63) is 34.4 Å². The monoisotopic (exact) mass is 279 g/mol. The zero-order valence-corrected chi connectivity index (χ0v) is 11.9. The highest BCUT2D eigenvalue weighted by molar-refractivity contribution is 5.75. The van der Waals surface area contributed by atoms with E-state index >= 15 is 0 Å². The number of nitrogens with zero attached hydrogens (tertiary/aromatic N) is 1. The van der Waals surface area contributed by atoms with E-state index < -0.39 is 4.92 Å². The molecule has 0 fully saturated rings. The van der Waals surface area contributed by atoms with Crippen LogP contribution in [0, 0.1) is 16.0 Å². The Kier molecular flexibility index (Phi) is 6.49. The Balaban J connectivity index is 2.31. The zero-order chi connectivity index (χ0) is 15.0. The third kappa shape index (κ3) is 5.69. The van der Waals surface area contributed by atoms with Crippen LogP contribution in [0.4, 0.5) is 11.4 Å². The maximum absolute atomic E-state index is 11.5. The second-order valence-electron chi connectivity index (χ2n) is 4.98.